The van der Waals surface area contributed by atoms with Gasteiger partial charge >= 0.3 is 11.9 Å². The molecule has 3 aliphatic heterocycles. The van der Waals surface area contributed by atoms with E-state index in [9.17, 15) is 24.2 Å². The molecule has 2 fully saturated rings. The van der Waals surface area contributed by atoms with Gasteiger partial charge in [-0.2, -0.15) is 0 Å². The maximum Gasteiger partial charge on any atom is 0.336 e. The Hall–Kier alpha value is -3.31. The zero-order chi connectivity index (χ0) is 28.4. The van der Waals surface area contributed by atoms with Gasteiger partial charge in [-0.25, -0.2) is 14.0 Å². The summed E-state index contributed by atoms with van der Waals surface area (Å²) in [5.74, 6) is -3.46. The molecule has 3 heterocycles. The fourth-order valence-electron chi connectivity index (χ4n) is 6.13. The third-order valence-electron chi connectivity index (χ3n) is 8.35. The maximum atomic E-state index is 13.5. The van der Waals surface area contributed by atoms with Gasteiger partial charge in [-0.3, -0.25) is 0 Å². The van der Waals surface area contributed by atoms with Crippen LogP contribution in [0.3, 0.4) is 0 Å². The van der Waals surface area contributed by atoms with Crippen molar-refractivity contribution in [3.05, 3.63) is 77.1 Å². The molecule has 0 aliphatic carbocycles. The van der Waals surface area contributed by atoms with Crippen LogP contribution < -0.4 is 4.74 Å². The van der Waals surface area contributed by atoms with Crippen LogP contribution in [-0.2, 0) is 36.2 Å². The zero-order valence-electron chi connectivity index (χ0n) is 22.4. The van der Waals surface area contributed by atoms with Crippen LogP contribution in [0.1, 0.15) is 43.7 Å². The Morgan fingerprint density at radius 1 is 1.00 bits per heavy atom. The molecule has 1 spiro atoms. The van der Waals surface area contributed by atoms with Crippen molar-refractivity contribution >= 4 is 11.9 Å². The number of carbonyl (C=O) groups is 2. The molecule has 214 valence electrons. The number of likely N-dealkylation sites (tertiary alicyclic amines) is 1. The van der Waals surface area contributed by atoms with Gasteiger partial charge in [0.1, 0.15) is 17.2 Å². The molecule has 2 aromatic rings. The molecule has 1 atom stereocenters. The molecule has 2 N–H and O–H groups in total. The molecule has 0 bridgehead atoms. The molecular formula is C30H34FNO8. The highest BCUT2D eigenvalue weighted by atomic mass is 19.1. The van der Waals surface area contributed by atoms with Crippen molar-refractivity contribution in [1.82, 2.24) is 4.90 Å². The molecular weight excluding hydrogens is 521 g/mol. The Bertz CT molecular complexity index is 1260. The van der Waals surface area contributed by atoms with Gasteiger partial charge in [0, 0.05) is 36.7 Å². The van der Waals surface area contributed by atoms with Crippen LogP contribution in [0.5, 0.6) is 5.75 Å². The summed E-state index contributed by atoms with van der Waals surface area (Å²) in [6.45, 7) is 4.71. The smallest absolute Gasteiger partial charge is 0.336 e. The van der Waals surface area contributed by atoms with Crippen LogP contribution in [0.4, 0.5) is 4.39 Å². The number of ether oxygens (including phenoxy) is 4. The number of hydrogen-bond acceptors (Lipinski definition) is 7. The number of carboxylic acids is 2. The highest BCUT2D eigenvalue weighted by Crippen LogP contribution is 2.47. The second-order valence-electron chi connectivity index (χ2n) is 10.6. The molecule has 2 saturated heterocycles. The Balaban J connectivity index is 1.32. The van der Waals surface area contributed by atoms with E-state index in [1.807, 2.05) is 12.1 Å². The van der Waals surface area contributed by atoms with E-state index in [4.69, 9.17) is 18.9 Å². The van der Waals surface area contributed by atoms with Gasteiger partial charge in [-0.05, 0) is 50.9 Å². The monoisotopic (exact) mass is 555 g/mol. The van der Waals surface area contributed by atoms with E-state index < -0.39 is 28.9 Å². The quantitative estimate of drug-likeness (QED) is 0.465. The van der Waals surface area contributed by atoms with Crippen molar-refractivity contribution in [1.29, 1.82) is 0 Å². The minimum Gasteiger partial charge on any atom is -0.479 e. The minimum atomic E-state index is -1.55. The van der Waals surface area contributed by atoms with Crippen LogP contribution in [-0.4, -0.2) is 71.1 Å². The third kappa shape index (κ3) is 5.36. The van der Waals surface area contributed by atoms with E-state index in [0.29, 0.717) is 57.4 Å². The van der Waals surface area contributed by atoms with Crippen molar-refractivity contribution in [3.63, 3.8) is 0 Å². The maximum absolute atomic E-state index is 13.5. The first-order valence-corrected chi connectivity index (χ1v) is 13.5. The Kier molecular flexibility index (Phi) is 7.96. The first-order valence-electron chi connectivity index (χ1n) is 13.5. The predicted molar refractivity (Wildman–Crippen MR) is 141 cm³/mol. The molecule has 3 aliphatic rings. The lowest BCUT2D eigenvalue weighted by atomic mass is 9.72. The van der Waals surface area contributed by atoms with Crippen LogP contribution in [0.15, 0.2) is 60.2 Å². The molecule has 9 nitrogen and oxygen atoms in total. The SMILES string of the molecule is CC1(/C(=C/C(=O)O)C(=O)O)Oc2ccccc2COC12CCN(CCCC1(c3ccc(F)cc3)OCCO1)CC2. The first kappa shape index (κ1) is 28.2. The van der Waals surface area contributed by atoms with Crippen LogP contribution >= 0.6 is 0 Å². The summed E-state index contributed by atoms with van der Waals surface area (Å²) < 4.78 is 38.3. The molecule has 0 saturated carbocycles. The summed E-state index contributed by atoms with van der Waals surface area (Å²) in [6, 6.07) is 13.4. The standard InChI is InChI=1S/C30H34FNO8/c1-28(24(27(35)36)19-26(33)34)29(39-20-21-5-2-3-6-25(21)40-28)12-15-32(16-13-29)14-4-11-30(37-17-18-38-30)22-7-9-23(31)10-8-22/h2-3,5-10,19H,4,11-18,20H2,1H3,(H,33,34)(H,35,36)/b24-19+. The van der Waals surface area contributed by atoms with E-state index in [-0.39, 0.29) is 18.0 Å². The number of hydrogen-bond donors (Lipinski definition) is 2. The molecule has 40 heavy (non-hydrogen) atoms. The van der Waals surface area contributed by atoms with Gasteiger partial charge in [0.15, 0.2) is 11.4 Å². The molecule has 0 amide bonds. The summed E-state index contributed by atoms with van der Waals surface area (Å²) in [5.41, 5.74) is -1.41. The molecule has 0 aromatic heterocycles. The zero-order valence-corrected chi connectivity index (χ0v) is 22.4. The summed E-state index contributed by atoms with van der Waals surface area (Å²) in [6.07, 6.45) is 2.95. The lowest BCUT2D eigenvalue weighted by Gasteiger charge is -2.50. The summed E-state index contributed by atoms with van der Waals surface area (Å²) in [4.78, 5) is 26.3. The largest absolute Gasteiger partial charge is 0.479 e. The first-order chi connectivity index (χ1) is 19.2. The number of piperidine rings is 1. The number of aliphatic carboxylic acids is 2. The Morgan fingerprint density at radius 2 is 1.68 bits per heavy atom. The van der Waals surface area contributed by atoms with E-state index in [1.54, 1.807) is 31.2 Å². The highest BCUT2D eigenvalue weighted by Gasteiger charge is 2.58. The predicted octanol–water partition coefficient (Wildman–Crippen LogP) is 4.10. The Morgan fingerprint density at radius 3 is 2.33 bits per heavy atom. The van der Waals surface area contributed by atoms with Crippen molar-refractivity contribution in [2.75, 3.05) is 32.8 Å². The fraction of sp³-hybridized carbons (Fsp3) is 0.467. The minimum absolute atomic E-state index is 0.223. The summed E-state index contributed by atoms with van der Waals surface area (Å²) in [7, 11) is 0. The molecule has 0 radical (unpaired) electrons. The van der Waals surface area contributed by atoms with Crippen LogP contribution in [0.25, 0.3) is 0 Å². The summed E-state index contributed by atoms with van der Waals surface area (Å²) >= 11 is 0. The van der Waals surface area contributed by atoms with Crippen molar-refractivity contribution < 1.29 is 43.1 Å². The average Bonchev–Trinajstić information content (AvgIpc) is 3.37. The fourth-order valence-corrected chi connectivity index (χ4v) is 6.13. The van der Waals surface area contributed by atoms with Crippen LogP contribution in [0, 0.1) is 5.82 Å². The van der Waals surface area contributed by atoms with Crippen LogP contribution in [0.2, 0.25) is 0 Å². The second kappa shape index (κ2) is 11.3. The Labute approximate surface area is 232 Å². The number of carboxylic acid groups (broad SMARTS) is 2. The summed E-state index contributed by atoms with van der Waals surface area (Å²) in [5, 5.41) is 19.6. The molecule has 10 heteroatoms. The van der Waals surface area contributed by atoms with E-state index in [2.05, 4.69) is 4.90 Å². The van der Waals surface area contributed by atoms with Gasteiger partial charge in [0.25, 0.3) is 0 Å². The van der Waals surface area contributed by atoms with Gasteiger partial charge in [0.2, 0.25) is 0 Å². The van der Waals surface area contributed by atoms with E-state index in [0.717, 1.165) is 24.1 Å². The van der Waals surface area contributed by atoms with Crippen molar-refractivity contribution in [2.24, 2.45) is 0 Å². The topological polar surface area (TPSA) is 115 Å². The molecule has 2 aromatic carbocycles. The van der Waals surface area contributed by atoms with Crippen molar-refractivity contribution in [2.45, 2.75) is 56.2 Å². The normalized spacial score (nSPS) is 24.2. The highest BCUT2D eigenvalue weighted by molar-refractivity contribution is 5.96. The van der Waals surface area contributed by atoms with Crippen molar-refractivity contribution in [3.8, 4) is 5.75 Å². The number of halogens is 1. The van der Waals surface area contributed by atoms with E-state index >= 15 is 0 Å². The van der Waals surface area contributed by atoms with Gasteiger partial charge in [-0.15, -0.1) is 0 Å². The molecule has 1 unspecified atom stereocenters. The number of fused-ring (bicyclic) bond motifs is 1. The van der Waals surface area contributed by atoms with E-state index in [1.165, 1.54) is 12.1 Å². The lowest BCUT2D eigenvalue weighted by molar-refractivity contribution is -0.179. The number of benzene rings is 2. The third-order valence-corrected chi connectivity index (χ3v) is 8.35. The average molecular weight is 556 g/mol. The number of rotatable bonds is 8. The number of para-hydroxylation sites is 1. The van der Waals surface area contributed by atoms with Gasteiger partial charge < -0.3 is 34.1 Å². The van der Waals surface area contributed by atoms with Gasteiger partial charge in [-0.1, -0.05) is 30.3 Å². The van der Waals surface area contributed by atoms with Gasteiger partial charge in [0.05, 0.1) is 25.4 Å². The second-order valence-corrected chi connectivity index (χ2v) is 10.6. The number of nitrogens with zero attached hydrogens (tertiary/aromatic N) is 1. The lowest BCUT2D eigenvalue weighted by Crippen LogP contribution is -2.63. The molecule has 5 rings (SSSR count).